The summed E-state index contributed by atoms with van der Waals surface area (Å²) < 4.78 is 5.43. The molecule has 0 aliphatic rings. The smallest absolute Gasteiger partial charge is 0.264 e. The first kappa shape index (κ1) is 15.1. The molecule has 6 nitrogen and oxygen atoms in total. The third kappa shape index (κ3) is 3.08. The highest BCUT2D eigenvalue weighted by Gasteiger charge is 2.15. The first-order valence-corrected chi connectivity index (χ1v) is 7.16. The van der Waals surface area contributed by atoms with Gasteiger partial charge in [0.05, 0.1) is 17.4 Å². The van der Waals surface area contributed by atoms with Crippen molar-refractivity contribution in [1.82, 2.24) is 18.8 Å². The zero-order chi connectivity index (χ0) is 15.4. The molecular formula is C14H16N4O2S. The van der Waals surface area contributed by atoms with E-state index in [1.54, 1.807) is 24.0 Å². The van der Waals surface area contributed by atoms with Gasteiger partial charge < -0.3 is 4.90 Å². The molecule has 0 bridgehead atoms. The van der Waals surface area contributed by atoms with E-state index < -0.39 is 0 Å². The molecule has 0 aliphatic carbocycles. The first-order valence-electron chi connectivity index (χ1n) is 6.39. The molecule has 2 heterocycles. The zero-order valence-corrected chi connectivity index (χ0v) is 12.6. The summed E-state index contributed by atoms with van der Waals surface area (Å²) in [5.74, 6) is -0.182. The molecule has 0 N–H and O–H groups in total. The van der Waals surface area contributed by atoms with Crippen LogP contribution in [0.3, 0.4) is 0 Å². The molecule has 0 saturated heterocycles. The largest absolute Gasteiger partial charge is 0.334 e. The Labute approximate surface area is 126 Å². The lowest BCUT2D eigenvalue weighted by atomic mass is 10.3. The number of carbonyl (C=O) groups excluding carboxylic acids is 1. The van der Waals surface area contributed by atoms with Crippen LogP contribution in [0, 0.1) is 6.92 Å². The Morgan fingerprint density at radius 3 is 2.71 bits per heavy atom. The molecule has 0 saturated carbocycles. The summed E-state index contributed by atoms with van der Waals surface area (Å²) in [7, 11) is 0. The van der Waals surface area contributed by atoms with E-state index in [4.69, 9.17) is 0 Å². The number of nitrogens with zero attached hydrogens (tertiary/aromatic N) is 4. The van der Waals surface area contributed by atoms with Crippen LogP contribution in [-0.2, 0) is 11.3 Å². The Balaban J connectivity index is 2.30. The van der Waals surface area contributed by atoms with Gasteiger partial charge in [0.1, 0.15) is 6.54 Å². The number of hydrogen-bond acceptors (Lipinski definition) is 5. The molecule has 0 atom stereocenters. The minimum absolute atomic E-state index is 0.0568. The predicted molar refractivity (Wildman–Crippen MR) is 83.4 cm³/mol. The predicted octanol–water partition coefficient (Wildman–Crippen LogP) is 1.36. The molecule has 0 unspecified atom stereocenters. The van der Waals surface area contributed by atoms with Crippen LogP contribution in [0.2, 0.25) is 0 Å². The molecule has 0 spiro atoms. The van der Waals surface area contributed by atoms with Gasteiger partial charge in [-0.1, -0.05) is 12.2 Å². The topological polar surface area (TPSA) is 68.1 Å². The van der Waals surface area contributed by atoms with Gasteiger partial charge in [-0.25, -0.2) is 4.98 Å². The Morgan fingerprint density at radius 2 is 2.10 bits per heavy atom. The fourth-order valence-electron chi connectivity index (χ4n) is 1.96. The number of aromatic nitrogens is 3. The lowest BCUT2D eigenvalue weighted by Crippen LogP contribution is -2.36. The lowest BCUT2D eigenvalue weighted by Gasteiger charge is -2.19. The van der Waals surface area contributed by atoms with Crippen molar-refractivity contribution in [1.29, 1.82) is 0 Å². The molecule has 2 rings (SSSR count). The van der Waals surface area contributed by atoms with Crippen molar-refractivity contribution in [2.24, 2.45) is 0 Å². The van der Waals surface area contributed by atoms with E-state index in [1.165, 1.54) is 22.4 Å². The van der Waals surface area contributed by atoms with Gasteiger partial charge in [0.2, 0.25) is 5.91 Å². The zero-order valence-electron chi connectivity index (χ0n) is 11.8. The number of fused-ring (bicyclic) bond motifs is 1. The van der Waals surface area contributed by atoms with Crippen molar-refractivity contribution in [3.63, 3.8) is 0 Å². The van der Waals surface area contributed by atoms with E-state index >= 15 is 0 Å². The molecule has 110 valence electrons. The van der Waals surface area contributed by atoms with Crippen molar-refractivity contribution in [2.75, 3.05) is 13.1 Å². The average molecular weight is 304 g/mol. The van der Waals surface area contributed by atoms with E-state index in [9.17, 15) is 9.59 Å². The summed E-state index contributed by atoms with van der Waals surface area (Å²) in [4.78, 5) is 30.9. The normalized spacial score (nSPS) is 10.5. The highest BCUT2D eigenvalue weighted by molar-refractivity contribution is 7.12. The van der Waals surface area contributed by atoms with Crippen LogP contribution >= 0.6 is 11.5 Å². The number of hydrogen-bond donors (Lipinski definition) is 0. The van der Waals surface area contributed by atoms with Crippen molar-refractivity contribution in [2.45, 2.75) is 13.5 Å². The fourth-order valence-corrected chi connectivity index (χ4v) is 2.69. The molecule has 2 aromatic rings. The van der Waals surface area contributed by atoms with Gasteiger partial charge in [0, 0.05) is 13.1 Å². The van der Waals surface area contributed by atoms with Gasteiger partial charge in [-0.05, 0) is 18.5 Å². The van der Waals surface area contributed by atoms with Gasteiger partial charge in [-0.3, -0.25) is 14.2 Å². The fraction of sp³-hybridized carbons (Fsp3) is 0.286. The van der Waals surface area contributed by atoms with Crippen LogP contribution < -0.4 is 5.56 Å². The second-order valence-electron chi connectivity index (χ2n) is 4.50. The summed E-state index contributed by atoms with van der Waals surface area (Å²) in [6, 6.07) is 0. The summed E-state index contributed by atoms with van der Waals surface area (Å²) in [5.41, 5.74) is 0.403. The summed E-state index contributed by atoms with van der Waals surface area (Å²) in [5, 5.41) is 0.481. The van der Waals surface area contributed by atoms with E-state index in [2.05, 4.69) is 22.5 Å². The number of rotatable bonds is 6. The SMILES string of the molecule is C=CCN(CC=C)C(=O)Cn1cnc2snc(C)c2c1=O. The monoisotopic (exact) mass is 304 g/mol. The minimum atomic E-state index is -0.239. The van der Waals surface area contributed by atoms with Gasteiger partial charge in [-0.15, -0.1) is 13.2 Å². The molecule has 2 aromatic heterocycles. The maximum atomic E-state index is 12.4. The van der Waals surface area contributed by atoms with Gasteiger partial charge in [-0.2, -0.15) is 4.37 Å². The molecule has 0 aliphatic heterocycles. The number of carbonyl (C=O) groups is 1. The first-order chi connectivity index (χ1) is 10.1. The molecule has 1 amide bonds. The van der Waals surface area contributed by atoms with Gasteiger partial charge >= 0.3 is 0 Å². The Morgan fingerprint density at radius 1 is 1.43 bits per heavy atom. The van der Waals surface area contributed by atoms with E-state index in [-0.39, 0.29) is 18.0 Å². The molecular weight excluding hydrogens is 288 g/mol. The summed E-state index contributed by atoms with van der Waals surface area (Å²) in [6.07, 6.45) is 4.66. The van der Waals surface area contributed by atoms with Crippen LogP contribution in [0.15, 0.2) is 36.4 Å². The highest BCUT2D eigenvalue weighted by Crippen LogP contribution is 2.15. The number of aryl methyl sites for hydroxylation is 1. The minimum Gasteiger partial charge on any atom is -0.334 e. The standard InChI is InChI=1S/C14H16N4O2S/c1-4-6-17(7-5-2)11(19)8-18-9-15-13-12(14(18)20)10(3)16-21-13/h4-5,9H,1-2,6-8H2,3H3. The average Bonchev–Trinajstić information content (AvgIpc) is 2.84. The van der Waals surface area contributed by atoms with Crippen LogP contribution in [-0.4, -0.2) is 37.8 Å². The molecule has 0 fully saturated rings. The third-order valence-corrected chi connectivity index (χ3v) is 3.84. The van der Waals surface area contributed by atoms with Crippen molar-refractivity contribution >= 4 is 27.7 Å². The van der Waals surface area contributed by atoms with E-state index in [0.29, 0.717) is 29.0 Å². The second kappa shape index (κ2) is 6.45. The van der Waals surface area contributed by atoms with Crippen LogP contribution in [0.25, 0.3) is 10.2 Å². The molecule has 21 heavy (non-hydrogen) atoms. The highest BCUT2D eigenvalue weighted by atomic mass is 32.1. The third-order valence-electron chi connectivity index (χ3n) is 2.99. The lowest BCUT2D eigenvalue weighted by molar-refractivity contribution is -0.130. The molecule has 7 heteroatoms. The maximum absolute atomic E-state index is 12.4. The van der Waals surface area contributed by atoms with Crippen LogP contribution in [0.5, 0.6) is 0 Å². The molecule has 0 radical (unpaired) electrons. The maximum Gasteiger partial charge on any atom is 0.264 e. The van der Waals surface area contributed by atoms with Gasteiger partial charge in [0.25, 0.3) is 5.56 Å². The summed E-state index contributed by atoms with van der Waals surface area (Å²) >= 11 is 1.18. The van der Waals surface area contributed by atoms with E-state index in [0.717, 1.165) is 0 Å². The Kier molecular flexibility index (Phi) is 4.64. The van der Waals surface area contributed by atoms with Crippen molar-refractivity contribution in [3.05, 3.63) is 47.7 Å². The Hall–Kier alpha value is -2.28. The second-order valence-corrected chi connectivity index (χ2v) is 5.25. The quantitative estimate of drug-likeness (QED) is 0.756. The van der Waals surface area contributed by atoms with Crippen LogP contribution in [0.1, 0.15) is 5.69 Å². The van der Waals surface area contributed by atoms with Crippen molar-refractivity contribution < 1.29 is 4.79 Å². The van der Waals surface area contributed by atoms with Crippen molar-refractivity contribution in [3.8, 4) is 0 Å². The van der Waals surface area contributed by atoms with Crippen LogP contribution in [0.4, 0.5) is 0 Å². The summed E-state index contributed by atoms with van der Waals surface area (Å²) in [6.45, 7) is 9.76. The molecule has 0 aromatic carbocycles. The van der Waals surface area contributed by atoms with Gasteiger partial charge in [0.15, 0.2) is 4.83 Å². The number of amides is 1. The Bertz CT molecular complexity index is 737. The van der Waals surface area contributed by atoms with E-state index in [1.807, 2.05) is 0 Å².